The Morgan fingerprint density at radius 1 is 0.586 bits per heavy atom. The van der Waals surface area contributed by atoms with E-state index in [1.807, 2.05) is 12.1 Å². The Balaban J connectivity index is 1.93. The predicted octanol–water partition coefficient (Wildman–Crippen LogP) is 4.14. The maximum atomic E-state index is 11.7. The molecule has 1 nitrogen and oxygen atoms in total. The SMILES string of the molecule is CC(=O)c1ccc(C[As+](c2ccccc2)(c2ccccc2)c2ccccc2)cc1. The molecule has 4 aromatic rings. The van der Waals surface area contributed by atoms with Gasteiger partial charge in [0.15, 0.2) is 0 Å². The molecule has 0 aliphatic carbocycles. The minimum atomic E-state index is -2.76. The van der Waals surface area contributed by atoms with Crippen LogP contribution < -0.4 is 13.1 Å². The number of carbonyl (C=O) groups is 1. The molecule has 0 bridgehead atoms. The normalized spacial score (nSPS) is 11.2. The number of ketones is 1. The third-order valence-corrected chi connectivity index (χ3v) is 14.6. The second kappa shape index (κ2) is 8.64. The van der Waals surface area contributed by atoms with E-state index >= 15 is 0 Å². The molecule has 0 N–H and O–H groups in total. The van der Waals surface area contributed by atoms with Crippen molar-refractivity contribution in [2.24, 2.45) is 0 Å². The fourth-order valence-electron chi connectivity index (χ4n) is 3.89. The maximum absolute atomic E-state index is 11.7. The van der Waals surface area contributed by atoms with E-state index in [-0.39, 0.29) is 5.78 Å². The number of benzene rings is 4. The first-order valence-corrected chi connectivity index (χ1v) is 14.0. The van der Waals surface area contributed by atoms with Crippen molar-refractivity contribution in [3.8, 4) is 0 Å². The molecule has 0 heterocycles. The van der Waals surface area contributed by atoms with Gasteiger partial charge in [-0.2, -0.15) is 0 Å². The molecule has 142 valence electrons. The van der Waals surface area contributed by atoms with Crippen molar-refractivity contribution in [2.45, 2.75) is 12.1 Å². The molecule has 4 rings (SSSR count). The van der Waals surface area contributed by atoms with Gasteiger partial charge in [0.1, 0.15) is 0 Å². The molecule has 29 heavy (non-hydrogen) atoms. The summed E-state index contributed by atoms with van der Waals surface area (Å²) < 4.78 is 4.29. The van der Waals surface area contributed by atoms with Crippen molar-refractivity contribution in [3.05, 3.63) is 126 Å². The number of Topliss-reactive ketones (excluding diaryl/α,β-unsaturated/α-hetero) is 1. The summed E-state index contributed by atoms with van der Waals surface area (Å²) in [6.07, 6.45) is 0. The van der Waals surface area contributed by atoms with Gasteiger partial charge in [0.25, 0.3) is 0 Å². The summed E-state index contributed by atoms with van der Waals surface area (Å²) in [7, 11) is 0. The van der Waals surface area contributed by atoms with E-state index < -0.39 is 13.6 Å². The second-order valence-corrected chi connectivity index (χ2v) is 14.5. The molecule has 2 heteroatoms. The van der Waals surface area contributed by atoms with Crippen LogP contribution in [0.15, 0.2) is 115 Å². The van der Waals surface area contributed by atoms with Gasteiger partial charge >= 0.3 is 176 Å². The van der Waals surface area contributed by atoms with Crippen LogP contribution in [-0.4, -0.2) is 19.3 Å². The Hall–Kier alpha value is -2.89. The summed E-state index contributed by atoms with van der Waals surface area (Å²) in [4.78, 5) is 11.7. The van der Waals surface area contributed by atoms with E-state index in [1.165, 1.54) is 18.6 Å². The van der Waals surface area contributed by atoms with Gasteiger partial charge in [-0.25, -0.2) is 0 Å². The van der Waals surface area contributed by atoms with E-state index in [1.54, 1.807) is 6.92 Å². The zero-order valence-corrected chi connectivity index (χ0v) is 18.4. The number of rotatable bonds is 6. The Kier molecular flexibility index (Phi) is 5.78. The summed E-state index contributed by atoms with van der Waals surface area (Å²) in [6.45, 7) is 1.62. The average molecular weight is 439 g/mol. The molecular formula is C27H24AsO+. The second-order valence-electron chi connectivity index (χ2n) is 7.23. The molecule has 0 saturated carbocycles. The molecule has 0 aliphatic rings. The van der Waals surface area contributed by atoms with Crippen LogP contribution in [0.2, 0.25) is 0 Å². The van der Waals surface area contributed by atoms with Gasteiger partial charge in [-0.05, 0) is 0 Å². The number of hydrogen-bond acceptors (Lipinski definition) is 1. The van der Waals surface area contributed by atoms with Crippen molar-refractivity contribution in [2.75, 3.05) is 0 Å². The predicted molar refractivity (Wildman–Crippen MR) is 124 cm³/mol. The molecule has 0 saturated heterocycles. The van der Waals surface area contributed by atoms with Crippen LogP contribution in [-0.2, 0) is 5.21 Å². The molecule has 0 atom stereocenters. The molecular weight excluding hydrogens is 415 g/mol. The van der Waals surface area contributed by atoms with Crippen molar-refractivity contribution < 1.29 is 4.79 Å². The Labute approximate surface area is 175 Å². The Bertz CT molecular complexity index is 975. The van der Waals surface area contributed by atoms with Gasteiger partial charge in [0, 0.05) is 0 Å². The Morgan fingerprint density at radius 3 is 1.31 bits per heavy atom. The van der Waals surface area contributed by atoms with E-state index in [4.69, 9.17) is 0 Å². The first kappa shape index (κ1) is 19.4. The topological polar surface area (TPSA) is 17.1 Å². The van der Waals surface area contributed by atoms with Crippen LogP contribution in [0.4, 0.5) is 0 Å². The third kappa shape index (κ3) is 3.97. The van der Waals surface area contributed by atoms with Crippen molar-refractivity contribution >= 4 is 32.4 Å². The first-order chi connectivity index (χ1) is 14.2. The molecule has 0 amide bonds. The van der Waals surface area contributed by atoms with Crippen molar-refractivity contribution in [1.82, 2.24) is 0 Å². The number of hydrogen-bond donors (Lipinski definition) is 0. The fourth-order valence-corrected chi connectivity index (χ4v) is 12.8. The van der Waals surface area contributed by atoms with E-state index in [0.717, 1.165) is 10.8 Å². The molecule has 0 fully saturated rings. The van der Waals surface area contributed by atoms with Gasteiger partial charge in [-0.15, -0.1) is 0 Å². The van der Waals surface area contributed by atoms with Crippen LogP contribution in [0, 0.1) is 0 Å². The van der Waals surface area contributed by atoms with Gasteiger partial charge in [-0.3, -0.25) is 0 Å². The summed E-state index contributed by atoms with van der Waals surface area (Å²) in [5.74, 6) is 0.108. The fraction of sp³-hybridized carbons (Fsp3) is 0.0741. The minimum absolute atomic E-state index is 0.108. The molecule has 4 aromatic carbocycles. The average Bonchev–Trinajstić information content (AvgIpc) is 2.79. The first-order valence-electron chi connectivity index (χ1n) is 9.85. The van der Waals surface area contributed by atoms with Crippen LogP contribution in [0.3, 0.4) is 0 Å². The van der Waals surface area contributed by atoms with Crippen LogP contribution in [0.25, 0.3) is 0 Å². The summed E-state index contributed by atoms with van der Waals surface area (Å²) >= 11 is -2.76. The van der Waals surface area contributed by atoms with Crippen molar-refractivity contribution in [3.63, 3.8) is 0 Å². The molecule has 0 radical (unpaired) electrons. The van der Waals surface area contributed by atoms with E-state index in [0.29, 0.717) is 0 Å². The molecule has 0 spiro atoms. The molecule has 0 aliphatic heterocycles. The van der Waals surface area contributed by atoms with E-state index in [2.05, 4.69) is 103 Å². The zero-order valence-electron chi connectivity index (χ0n) is 16.5. The molecule has 0 unspecified atom stereocenters. The van der Waals surface area contributed by atoms with E-state index in [9.17, 15) is 4.79 Å². The van der Waals surface area contributed by atoms with Crippen LogP contribution in [0.1, 0.15) is 22.8 Å². The Morgan fingerprint density at radius 2 is 0.966 bits per heavy atom. The van der Waals surface area contributed by atoms with Crippen molar-refractivity contribution in [1.29, 1.82) is 0 Å². The van der Waals surface area contributed by atoms with Gasteiger partial charge < -0.3 is 0 Å². The van der Waals surface area contributed by atoms with Crippen LogP contribution in [0.5, 0.6) is 0 Å². The summed E-state index contributed by atoms with van der Waals surface area (Å²) in [5, 5.41) is 0.981. The third-order valence-electron chi connectivity index (χ3n) is 5.37. The number of carbonyl (C=O) groups excluding carboxylic acids is 1. The van der Waals surface area contributed by atoms with Gasteiger partial charge in [0.05, 0.1) is 0 Å². The van der Waals surface area contributed by atoms with Gasteiger partial charge in [0.2, 0.25) is 0 Å². The van der Waals surface area contributed by atoms with Gasteiger partial charge in [-0.1, -0.05) is 0 Å². The van der Waals surface area contributed by atoms with Crippen LogP contribution >= 0.6 is 0 Å². The molecule has 0 aromatic heterocycles. The quantitative estimate of drug-likeness (QED) is 0.326. The standard InChI is InChI=1S/C27H24AsO/c1-22(29)24-19-17-23(18-20-24)21-28(25-11-5-2-6-12-25,26-13-7-3-8-14-26)27-15-9-4-10-16-27/h2-20H,21H2,1H3/q+1. The summed E-state index contributed by atoms with van der Waals surface area (Å²) in [6, 6.07) is 41.1. The monoisotopic (exact) mass is 439 g/mol. The summed E-state index contributed by atoms with van der Waals surface area (Å²) in [5.41, 5.74) is 2.04. The zero-order chi connectivity index (χ0) is 20.1.